The Labute approximate surface area is 196 Å². The van der Waals surface area contributed by atoms with Crippen LogP contribution in [-0.2, 0) is 22.1 Å². The number of aromatic nitrogens is 1. The SMILES string of the molecule is O=C1C(Cc2ccccc2)=CC(I)=C(OCCCOc2ccc(C(F)(F)F)cn2)C1Cl. The fourth-order valence-corrected chi connectivity index (χ4v) is 4.19. The van der Waals surface area contributed by atoms with E-state index in [0.29, 0.717) is 24.2 Å². The highest BCUT2D eigenvalue weighted by molar-refractivity contribution is 14.1. The Hall–Kier alpha value is -2.07. The van der Waals surface area contributed by atoms with Crippen LogP contribution in [0.2, 0.25) is 0 Å². The Morgan fingerprint density at radius 2 is 1.77 bits per heavy atom. The van der Waals surface area contributed by atoms with Crippen molar-refractivity contribution in [3.05, 3.63) is 80.8 Å². The summed E-state index contributed by atoms with van der Waals surface area (Å²) in [4.78, 5) is 16.3. The Balaban J connectivity index is 1.50. The maximum Gasteiger partial charge on any atom is 0.417 e. The monoisotopic (exact) mass is 563 g/mol. The van der Waals surface area contributed by atoms with Gasteiger partial charge in [0.25, 0.3) is 0 Å². The van der Waals surface area contributed by atoms with E-state index in [9.17, 15) is 18.0 Å². The van der Waals surface area contributed by atoms with Crippen molar-refractivity contribution in [1.29, 1.82) is 0 Å². The highest BCUT2D eigenvalue weighted by atomic mass is 127. The van der Waals surface area contributed by atoms with Gasteiger partial charge >= 0.3 is 6.18 Å². The third-order valence-corrected chi connectivity index (χ3v) is 5.65. The molecule has 2 aromatic rings. The van der Waals surface area contributed by atoms with Crippen molar-refractivity contribution >= 4 is 40.0 Å². The van der Waals surface area contributed by atoms with E-state index < -0.39 is 17.1 Å². The summed E-state index contributed by atoms with van der Waals surface area (Å²) in [6, 6.07) is 11.7. The van der Waals surface area contributed by atoms with Crippen LogP contribution in [0.1, 0.15) is 17.5 Å². The molecule has 0 amide bonds. The summed E-state index contributed by atoms with van der Waals surface area (Å²) in [6.07, 6.45) is -0.989. The highest BCUT2D eigenvalue weighted by Crippen LogP contribution is 2.32. The maximum absolute atomic E-state index is 12.6. The molecule has 1 aliphatic carbocycles. The number of carbonyl (C=O) groups is 1. The molecule has 0 fully saturated rings. The van der Waals surface area contributed by atoms with Gasteiger partial charge in [-0.1, -0.05) is 30.3 Å². The summed E-state index contributed by atoms with van der Waals surface area (Å²) in [5, 5.41) is -0.895. The van der Waals surface area contributed by atoms with Crippen LogP contribution in [0.15, 0.2) is 69.6 Å². The Morgan fingerprint density at radius 3 is 2.42 bits per heavy atom. The molecule has 0 N–H and O–H groups in total. The van der Waals surface area contributed by atoms with Crippen LogP contribution in [-0.4, -0.2) is 29.4 Å². The lowest BCUT2D eigenvalue weighted by Gasteiger charge is -2.22. The van der Waals surface area contributed by atoms with Crippen molar-refractivity contribution in [2.45, 2.75) is 24.4 Å². The Morgan fingerprint density at radius 1 is 1.06 bits per heavy atom. The maximum atomic E-state index is 12.6. The number of ether oxygens (including phenoxy) is 2. The number of nitrogens with zero attached hydrogens (tertiary/aromatic N) is 1. The first-order valence-corrected chi connectivity index (χ1v) is 10.9. The lowest BCUT2D eigenvalue weighted by molar-refractivity contribution is -0.137. The molecular weight excluding hydrogens is 546 g/mol. The predicted molar refractivity (Wildman–Crippen MR) is 119 cm³/mol. The van der Waals surface area contributed by atoms with E-state index in [1.54, 1.807) is 6.08 Å². The minimum Gasteiger partial charge on any atom is -0.495 e. The van der Waals surface area contributed by atoms with E-state index in [-0.39, 0.29) is 24.9 Å². The molecule has 0 radical (unpaired) electrons. The number of alkyl halides is 4. The highest BCUT2D eigenvalue weighted by Gasteiger charge is 2.31. The molecule has 3 rings (SSSR count). The lowest BCUT2D eigenvalue weighted by atomic mass is 9.95. The molecule has 31 heavy (non-hydrogen) atoms. The van der Waals surface area contributed by atoms with E-state index in [1.165, 1.54) is 6.07 Å². The van der Waals surface area contributed by atoms with E-state index in [1.807, 2.05) is 30.3 Å². The molecule has 0 aliphatic heterocycles. The zero-order valence-corrected chi connectivity index (χ0v) is 19.1. The van der Waals surface area contributed by atoms with Crippen molar-refractivity contribution in [3.63, 3.8) is 0 Å². The van der Waals surface area contributed by atoms with Gasteiger partial charge in [-0.3, -0.25) is 4.79 Å². The smallest absolute Gasteiger partial charge is 0.417 e. The standard InChI is InChI=1S/C22H18ClF3INO3/c23-19-20(29)15(11-14-5-2-1-3-6-14)12-17(27)21(19)31-10-4-9-30-18-8-7-16(13-28-18)22(24,25)26/h1-3,5-8,12-13,19H,4,9-11H2. The van der Waals surface area contributed by atoms with Crippen LogP contribution < -0.4 is 4.74 Å². The number of hydrogen-bond acceptors (Lipinski definition) is 4. The second kappa shape index (κ2) is 10.5. The number of allylic oxidation sites excluding steroid dienone is 4. The van der Waals surface area contributed by atoms with Crippen molar-refractivity contribution in [2.24, 2.45) is 0 Å². The number of halogens is 5. The summed E-state index contributed by atoms with van der Waals surface area (Å²) in [5.41, 5.74) is 0.813. The van der Waals surface area contributed by atoms with E-state index in [4.69, 9.17) is 21.1 Å². The summed E-state index contributed by atoms with van der Waals surface area (Å²) in [5.74, 6) is 0.307. The van der Waals surface area contributed by atoms with Gasteiger partial charge in [-0.2, -0.15) is 13.2 Å². The number of benzene rings is 1. The third-order valence-electron chi connectivity index (χ3n) is 4.41. The molecule has 1 unspecified atom stereocenters. The zero-order chi connectivity index (χ0) is 22.4. The molecule has 0 saturated carbocycles. The number of carbonyl (C=O) groups excluding carboxylic acids is 1. The van der Waals surface area contributed by atoms with Crippen LogP contribution in [0, 0.1) is 0 Å². The lowest BCUT2D eigenvalue weighted by Crippen LogP contribution is -2.26. The zero-order valence-electron chi connectivity index (χ0n) is 16.2. The minimum atomic E-state index is -4.44. The Bertz CT molecular complexity index is 976. The van der Waals surface area contributed by atoms with Crippen molar-refractivity contribution in [3.8, 4) is 5.88 Å². The number of rotatable bonds is 8. The largest absolute Gasteiger partial charge is 0.495 e. The first kappa shape index (κ1) is 23.6. The molecule has 9 heteroatoms. The molecule has 164 valence electrons. The fourth-order valence-electron chi connectivity index (χ4n) is 2.85. The van der Waals surface area contributed by atoms with Gasteiger partial charge in [-0.05, 0) is 40.3 Å². The first-order chi connectivity index (χ1) is 14.8. The summed E-state index contributed by atoms with van der Waals surface area (Å²) < 4.78 is 49.4. The second-order valence-electron chi connectivity index (χ2n) is 6.70. The quantitative estimate of drug-likeness (QED) is 0.228. The van der Waals surface area contributed by atoms with Gasteiger partial charge in [-0.25, -0.2) is 4.98 Å². The Kier molecular flexibility index (Phi) is 7.99. The second-order valence-corrected chi connectivity index (χ2v) is 8.30. The normalized spacial score (nSPS) is 16.9. The molecule has 1 aromatic carbocycles. The van der Waals surface area contributed by atoms with Crippen LogP contribution in [0.3, 0.4) is 0 Å². The predicted octanol–water partition coefficient (Wildman–Crippen LogP) is 5.89. The van der Waals surface area contributed by atoms with E-state index >= 15 is 0 Å². The topological polar surface area (TPSA) is 48.4 Å². The number of hydrogen-bond donors (Lipinski definition) is 0. The van der Waals surface area contributed by atoms with Gasteiger partial charge in [0.15, 0.2) is 11.2 Å². The summed E-state index contributed by atoms with van der Waals surface area (Å²) in [6.45, 7) is 0.430. The van der Waals surface area contributed by atoms with Gasteiger partial charge in [0, 0.05) is 30.7 Å². The average molecular weight is 564 g/mol. The van der Waals surface area contributed by atoms with Crippen molar-refractivity contribution in [1.82, 2.24) is 4.98 Å². The molecule has 1 atom stereocenters. The van der Waals surface area contributed by atoms with E-state index in [0.717, 1.165) is 21.4 Å². The molecule has 1 heterocycles. The van der Waals surface area contributed by atoms with Crippen LogP contribution in [0.5, 0.6) is 5.88 Å². The third kappa shape index (κ3) is 6.46. The van der Waals surface area contributed by atoms with Gasteiger partial charge in [0.2, 0.25) is 5.88 Å². The van der Waals surface area contributed by atoms with Gasteiger partial charge in [0.1, 0.15) is 5.76 Å². The molecule has 0 spiro atoms. The fraction of sp³-hybridized carbons (Fsp3) is 0.273. The molecule has 1 aromatic heterocycles. The molecular formula is C22H18ClF3INO3. The van der Waals surface area contributed by atoms with Crippen LogP contribution in [0.25, 0.3) is 0 Å². The van der Waals surface area contributed by atoms with Crippen LogP contribution >= 0.6 is 34.2 Å². The van der Waals surface area contributed by atoms with Gasteiger partial charge in [-0.15, -0.1) is 11.6 Å². The summed E-state index contributed by atoms with van der Waals surface area (Å²) in [7, 11) is 0. The molecule has 0 saturated heterocycles. The minimum absolute atomic E-state index is 0.0957. The van der Waals surface area contributed by atoms with Crippen LogP contribution in [0.4, 0.5) is 13.2 Å². The van der Waals surface area contributed by atoms with E-state index in [2.05, 4.69) is 27.6 Å². The molecule has 4 nitrogen and oxygen atoms in total. The van der Waals surface area contributed by atoms with Crippen molar-refractivity contribution < 1.29 is 27.4 Å². The number of pyridine rings is 1. The van der Waals surface area contributed by atoms with Gasteiger partial charge in [0.05, 0.1) is 22.4 Å². The van der Waals surface area contributed by atoms with Gasteiger partial charge < -0.3 is 9.47 Å². The number of Topliss-reactive ketones (excluding diaryl/α,β-unsaturated/α-hetero) is 1. The van der Waals surface area contributed by atoms with Crippen molar-refractivity contribution in [2.75, 3.05) is 13.2 Å². The molecule has 1 aliphatic rings. The first-order valence-electron chi connectivity index (χ1n) is 9.37. The molecule has 0 bridgehead atoms. The average Bonchev–Trinajstić information content (AvgIpc) is 2.74. The number of ketones is 1. The summed E-state index contributed by atoms with van der Waals surface area (Å²) >= 11 is 8.43.